The Morgan fingerprint density at radius 2 is 2.20 bits per heavy atom. The van der Waals surface area contributed by atoms with Crippen molar-refractivity contribution in [1.82, 2.24) is 4.57 Å². The van der Waals surface area contributed by atoms with Crippen molar-refractivity contribution >= 4 is 35.6 Å². The van der Waals surface area contributed by atoms with Gasteiger partial charge in [0.1, 0.15) is 5.75 Å². The van der Waals surface area contributed by atoms with E-state index in [2.05, 4.69) is 6.58 Å². The molecule has 106 valence electrons. The molecular formula is C15H16ClNO2S. The number of aromatic nitrogens is 1. The second kappa shape index (κ2) is 6.29. The zero-order chi connectivity index (χ0) is 14.7. The zero-order valence-electron chi connectivity index (χ0n) is 11.5. The summed E-state index contributed by atoms with van der Waals surface area (Å²) in [5.41, 5.74) is 0.783. The molecule has 2 rings (SSSR count). The maximum atomic E-state index is 12.2. The summed E-state index contributed by atoms with van der Waals surface area (Å²) < 4.78 is 8.60. The molecular weight excluding hydrogens is 294 g/mol. The van der Waals surface area contributed by atoms with Gasteiger partial charge >= 0.3 is 0 Å². The standard InChI is InChI=1S/C15H16ClNO2S/c1-4-17-10(3)20-14(15(17)18)9-11-8-12(16)6-7-13(11)19-5-2/h6-9H,3-5H2,1-2H3. The van der Waals surface area contributed by atoms with Crippen LogP contribution in [0.2, 0.25) is 5.02 Å². The maximum Gasteiger partial charge on any atom is 0.269 e. The minimum Gasteiger partial charge on any atom is -0.493 e. The van der Waals surface area contributed by atoms with Crippen LogP contribution in [0.5, 0.6) is 5.75 Å². The van der Waals surface area contributed by atoms with E-state index in [4.69, 9.17) is 16.3 Å². The van der Waals surface area contributed by atoms with Crippen LogP contribution >= 0.6 is 22.9 Å². The molecule has 0 spiro atoms. The number of rotatable bonds is 4. The largest absolute Gasteiger partial charge is 0.493 e. The summed E-state index contributed by atoms with van der Waals surface area (Å²) in [6, 6.07) is 5.38. The molecule has 0 aliphatic carbocycles. The fraction of sp³-hybridized carbons (Fsp3) is 0.267. The first-order chi connectivity index (χ1) is 9.56. The summed E-state index contributed by atoms with van der Waals surface area (Å²) in [7, 11) is 0. The Morgan fingerprint density at radius 3 is 2.80 bits per heavy atom. The molecule has 0 bridgehead atoms. The third kappa shape index (κ3) is 2.97. The van der Waals surface area contributed by atoms with Crippen molar-refractivity contribution in [3.8, 4) is 5.75 Å². The summed E-state index contributed by atoms with van der Waals surface area (Å²) in [5.74, 6) is 0.721. The van der Waals surface area contributed by atoms with E-state index < -0.39 is 0 Å². The van der Waals surface area contributed by atoms with Crippen molar-refractivity contribution in [2.24, 2.45) is 0 Å². The van der Waals surface area contributed by atoms with E-state index in [0.29, 0.717) is 22.7 Å². The second-order valence-electron chi connectivity index (χ2n) is 4.17. The Balaban J connectivity index is 2.64. The molecule has 0 aliphatic rings. The number of nitrogens with zero attached hydrogens (tertiary/aromatic N) is 1. The van der Waals surface area contributed by atoms with Crippen LogP contribution in [0.3, 0.4) is 0 Å². The molecule has 0 N–H and O–H groups in total. The first kappa shape index (κ1) is 14.9. The van der Waals surface area contributed by atoms with Gasteiger partial charge < -0.3 is 4.74 Å². The van der Waals surface area contributed by atoms with Crippen LogP contribution < -0.4 is 19.5 Å². The predicted octanol–water partition coefficient (Wildman–Crippen LogP) is 2.22. The van der Waals surface area contributed by atoms with E-state index in [0.717, 1.165) is 16.0 Å². The smallest absolute Gasteiger partial charge is 0.269 e. The zero-order valence-corrected chi connectivity index (χ0v) is 13.1. The van der Waals surface area contributed by atoms with Crippen LogP contribution in [0.4, 0.5) is 0 Å². The van der Waals surface area contributed by atoms with Gasteiger partial charge in [0.15, 0.2) is 0 Å². The fourth-order valence-corrected chi connectivity index (χ4v) is 3.08. The van der Waals surface area contributed by atoms with Crippen LogP contribution in [0.25, 0.3) is 12.7 Å². The molecule has 0 saturated heterocycles. The lowest BCUT2D eigenvalue weighted by atomic mass is 10.2. The van der Waals surface area contributed by atoms with Crippen LogP contribution in [-0.2, 0) is 6.54 Å². The minimum atomic E-state index is -0.0232. The van der Waals surface area contributed by atoms with Crippen molar-refractivity contribution < 1.29 is 4.74 Å². The van der Waals surface area contributed by atoms with Crippen LogP contribution in [0, 0.1) is 0 Å². The molecule has 5 heteroatoms. The highest BCUT2D eigenvalue weighted by Gasteiger charge is 2.05. The first-order valence-electron chi connectivity index (χ1n) is 6.39. The summed E-state index contributed by atoms with van der Waals surface area (Å²) in [6.45, 7) is 8.92. The first-order valence-corrected chi connectivity index (χ1v) is 7.59. The molecule has 0 fully saturated rings. The lowest BCUT2D eigenvalue weighted by Crippen LogP contribution is -2.30. The van der Waals surface area contributed by atoms with Gasteiger partial charge in [-0.25, -0.2) is 0 Å². The van der Waals surface area contributed by atoms with E-state index in [1.807, 2.05) is 26.0 Å². The van der Waals surface area contributed by atoms with Crippen molar-refractivity contribution in [2.45, 2.75) is 20.4 Å². The number of hydrogen-bond donors (Lipinski definition) is 0. The van der Waals surface area contributed by atoms with E-state index in [-0.39, 0.29) is 5.56 Å². The van der Waals surface area contributed by atoms with Crippen molar-refractivity contribution in [2.75, 3.05) is 6.61 Å². The Morgan fingerprint density at radius 1 is 1.45 bits per heavy atom. The normalized spacial score (nSPS) is 11.8. The molecule has 0 radical (unpaired) electrons. The van der Waals surface area contributed by atoms with E-state index in [1.54, 1.807) is 16.7 Å². The lowest BCUT2D eigenvalue weighted by molar-refractivity contribution is 0.339. The highest BCUT2D eigenvalue weighted by molar-refractivity contribution is 7.07. The Kier molecular flexibility index (Phi) is 4.68. The van der Waals surface area contributed by atoms with Crippen LogP contribution in [-0.4, -0.2) is 11.2 Å². The molecule has 0 amide bonds. The summed E-state index contributed by atoms with van der Waals surface area (Å²) in [4.78, 5) is 12.2. The highest BCUT2D eigenvalue weighted by Crippen LogP contribution is 2.23. The third-order valence-corrected chi connectivity index (χ3v) is 4.06. The van der Waals surface area contributed by atoms with Gasteiger partial charge in [-0.15, -0.1) is 11.3 Å². The van der Waals surface area contributed by atoms with Crippen LogP contribution in [0.1, 0.15) is 19.4 Å². The molecule has 0 saturated carbocycles. The molecule has 1 aromatic carbocycles. The Bertz CT molecular complexity index is 776. The van der Waals surface area contributed by atoms with Gasteiger partial charge in [0.25, 0.3) is 5.56 Å². The second-order valence-corrected chi connectivity index (χ2v) is 5.72. The van der Waals surface area contributed by atoms with Crippen LogP contribution in [0.15, 0.2) is 23.0 Å². The Labute approximate surface area is 126 Å². The molecule has 2 aromatic rings. The molecule has 1 heterocycles. The molecule has 20 heavy (non-hydrogen) atoms. The summed E-state index contributed by atoms with van der Waals surface area (Å²) in [5, 5.41) is 0.613. The van der Waals surface area contributed by atoms with Gasteiger partial charge in [-0.2, -0.15) is 0 Å². The predicted molar refractivity (Wildman–Crippen MR) is 85.2 cm³/mol. The number of thiazole rings is 1. The number of benzene rings is 1. The Hall–Kier alpha value is -1.52. The SMILES string of the molecule is C=c1sc(=Cc2cc(Cl)ccc2OCC)c(=O)n1CC. The van der Waals surface area contributed by atoms with Gasteiger partial charge in [-0.3, -0.25) is 9.36 Å². The van der Waals surface area contributed by atoms with Crippen molar-refractivity contribution in [3.05, 3.63) is 48.3 Å². The molecule has 0 atom stereocenters. The molecule has 1 aromatic heterocycles. The fourth-order valence-electron chi connectivity index (χ4n) is 1.94. The molecule has 0 unspecified atom stereocenters. The van der Waals surface area contributed by atoms with E-state index >= 15 is 0 Å². The van der Waals surface area contributed by atoms with Gasteiger partial charge in [0, 0.05) is 17.1 Å². The molecule has 0 aliphatic heterocycles. The van der Waals surface area contributed by atoms with Gasteiger partial charge in [0.2, 0.25) is 0 Å². The number of hydrogen-bond acceptors (Lipinski definition) is 3. The average Bonchev–Trinajstić information content (AvgIpc) is 2.67. The van der Waals surface area contributed by atoms with Gasteiger partial charge in [0.05, 0.1) is 15.8 Å². The maximum absolute atomic E-state index is 12.2. The number of ether oxygens (including phenoxy) is 1. The monoisotopic (exact) mass is 309 g/mol. The highest BCUT2D eigenvalue weighted by atomic mass is 35.5. The number of halogens is 1. The lowest BCUT2D eigenvalue weighted by Gasteiger charge is -2.06. The topological polar surface area (TPSA) is 31.2 Å². The molecule has 3 nitrogen and oxygen atoms in total. The quantitative estimate of drug-likeness (QED) is 0.867. The third-order valence-electron chi connectivity index (χ3n) is 2.86. The average molecular weight is 310 g/mol. The summed E-state index contributed by atoms with van der Waals surface area (Å²) >= 11 is 7.40. The summed E-state index contributed by atoms with van der Waals surface area (Å²) in [6.07, 6.45) is 1.81. The van der Waals surface area contributed by atoms with Gasteiger partial charge in [-0.1, -0.05) is 18.2 Å². The minimum absolute atomic E-state index is 0.0232. The van der Waals surface area contributed by atoms with E-state index in [1.165, 1.54) is 11.3 Å². The van der Waals surface area contributed by atoms with Crippen molar-refractivity contribution in [1.29, 1.82) is 0 Å². The van der Waals surface area contributed by atoms with Gasteiger partial charge in [-0.05, 0) is 38.1 Å². The van der Waals surface area contributed by atoms with E-state index in [9.17, 15) is 4.79 Å². The van der Waals surface area contributed by atoms with Crippen molar-refractivity contribution in [3.63, 3.8) is 0 Å².